The maximum atomic E-state index is 5.15. The Bertz CT molecular complexity index is 950. The van der Waals surface area contributed by atoms with Gasteiger partial charge in [0.15, 0.2) is 5.13 Å². The van der Waals surface area contributed by atoms with Crippen molar-refractivity contribution in [1.29, 1.82) is 0 Å². The number of thiazole rings is 1. The molecular weight excluding hydrogens is 496 g/mol. The molecular formula is C23H24Br2N2S. The summed E-state index contributed by atoms with van der Waals surface area (Å²) in [5, 5.41) is 1.14. The van der Waals surface area contributed by atoms with E-state index in [0.717, 1.165) is 44.2 Å². The van der Waals surface area contributed by atoms with Crippen molar-refractivity contribution in [2.24, 2.45) is 5.92 Å². The van der Waals surface area contributed by atoms with Gasteiger partial charge in [-0.1, -0.05) is 75.2 Å². The second-order valence-electron chi connectivity index (χ2n) is 7.41. The average molecular weight is 520 g/mol. The molecule has 28 heavy (non-hydrogen) atoms. The number of aromatic nitrogens is 1. The molecule has 1 atom stereocenters. The van der Waals surface area contributed by atoms with Crippen LogP contribution >= 0.6 is 43.2 Å². The standard InChI is InChI=1S/C23H24Br2N2S/c1-3-13-27(22(17-9-10-17)16-7-5-4-6-8-16)23-26-21(15(2)28-23)19-12-11-18(24)14-20(19)25/h4-8,11-12,14,17,22H,3,9-10,13H2,1-2H3. The minimum absolute atomic E-state index is 0.424. The highest BCUT2D eigenvalue weighted by Gasteiger charge is 2.37. The smallest absolute Gasteiger partial charge is 0.186 e. The molecule has 0 spiro atoms. The van der Waals surface area contributed by atoms with Crippen molar-refractivity contribution in [2.75, 3.05) is 11.4 Å². The fourth-order valence-electron chi connectivity index (χ4n) is 3.80. The van der Waals surface area contributed by atoms with E-state index >= 15 is 0 Å². The summed E-state index contributed by atoms with van der Waals surface area (Å²) >= 11 is 9.08. The number of aryl methyl sites for hydroxylation is 1. The van der Waals surface area contributed by atoms with Gasteiger partial charge in [0.1, 0.15) is 0 Å². The zero-order valence-corrected chi connectivity index (χ0v) is 20.1. The lowest BCUT2D eigenvalue weighted by Gasteiger charge is -2.32. The molecule has 146 valence electrons. The summed E-state index contributed by atoms with van der Waals surface area (Å²) in [5.74, 6) is 0.737. The Balaban J connectivity index is 1.74. The number of nitrogens with zero attached hydrogens (tertiary/aromatic N) is 2. The summed E-state index contributed by atoms with van der Waals surface area (Å²) in [6.07, 6.45) is 3.75. The maximum Gasteiger partial charge on any atom is 0.186 e. The lowest BCUT2D eigenvalue weighted by atomic mass is 10.0. The predicted octanol–water partition coefficient (Wildman–Crippen LogP) is 8.01. The molecule has 0 bridgehead atoms. The van der Waals surface area contributed by atoms with Gasteiger partial charge in [0.05, 0.1) is 11.7 Å². The van der Waals surface area contributed by atoms with Gasteiger partial charge in [-0.15, -0.1) is 11.3 Å². The number of rotatable bonds is 7. The summed E-state index contributed by atoms with van der Waals surface area (Å²) in [5.41, 5.74) is 3.66. The molecule has 1 aromatic heterocycles. The van der Waals surface area contributed by atoms with Crippen molar-refractivity contribution >= 4 is 48.3 Å². The summed E-state index contributed by atoms with van der Waals surface area (Å²) in [4.78, 5) is 8.97. The molecule has 1 heterocycles. The average Bonchev–Trinajstić information content (AvgIpc) is 3.44. The maximum absolute atomic E-state index is 5.15. The quantitative estimate of drug-likeness (QED) is 0.314. The number of halogens is 2. The highest BCUT2D eigenvalue weighted by molar-refractivity contribution is 9.11. The van der Waals surface area contributed by atoms with Crippen LogP contribution in [-0.2, 0) is 0 Å². The summed E-state index contributed by atoms with van der Waals surface area (Å²) < 4.78 is 2.15. The van der Waals surface area contributed by atoms with Gasteiger partial charge < -0.3 is 4.90 Å². The molecule has 2 nitrogen and oxygen atoms in total. The van der Waals surface area contributed by atoms with Crippen LogP contribution in [0.25, 0.3) is 11.3 Å². The van der Waals surface area contributed by atoms with E-state index in [1.165, 1.54) is 23.3 Å². The topological polar surface area (TPSA) is 16.1 Å². The van der Waals surface area contributed by atoms with Crippen LogP contribution in [0, 0.1) is 12.8 Å². The molecule has 3 aromatic rings. The van der Waals surface area contributed by atoms with E-state index in [0.29, 0.717) is 6.04 Å². The van der Waals surface area contributed by atoms with Crippen molar-refractivity contribution in [3.05, 3.63) is 67.9 Å². The van der Waals surface area contributed by atoms with Crippen molar-refractivity contribution in [1.82, 2.24) is 4.98 Å². The number of hydrogen-bond donors (Lipinski definition) is 0. The van der Waals surface area contributed by atoms with Crippen molar-refractivity contribution in [2.45, 2.75) is 39.2 Å². The van der Waals surface area contributed by atoms with Crippen LogP contribution in [0.15, 0.2) is 57.5 Å². The van der Waals surface area contributed by atoms with Crippen LogP contribution in [0.5, 0.6) is 0 Å². The minimum Gasteiger partial charge on any atom is -0.341 e. The highest BCUT2D eigenvalue weighted by Crippen LogP contribution is 2.48. The van der Waals surface area contributed by atoms with Gasteiger partial charge in [-0.05, 0) is 49.8 Å². The Hall–Kier alpha value is -1.17. The summed E-state index contributed by atoms with van der Waals surface area (Å²) in [6.45, 7) is 5.47. The third-order valence-corrected chi connectivity index (χ3v) is 7.38. The van der Waals surface area contributed by atoms with Crippen molar-refractivity contribution in [3.8, 4) is 11.3 Å². The molecule has 4 rings (SSSR count). The van der Waals surface area contributed by atoms with Gasteiger partial charge in [0, 0.05) is 25.9 Å². The largest absolute Gasteiger partial charge is 0.341 e. The predicted molar refractivity (Wildman–Crippen MR) is 127 cm³/mol. The van der Waals surface area contributed by atoms with Gasteiger partial charge in [-0.25, -0.2) is 4.98 Å². The van der Waals surface area contributed by atoms with E-state index in [9.17, 15) is 0 Å². The summed E-state index contributed by atoms with van der Waals surface area (Å²) in [7, 11) is 0. The lowest BCUT2D eigenvalue weighted by molar-refractivity contribution is 0.552. The van der Waals surface area contributed by atoms with Crippen LogP contribution in [0.4, 0.5) is 5.13 Å². The normalized spacial score (nSPS) is 14.9. The van der Waals surface area contributed by atoms with Crippen LogP contribution < -0.4 is 4.90 Å². The Labute approximate surface area is 188 Å². The minimum atomic E-state index is 0.424. The molecule has 1 aliphatic carbocycles. The number of hydrogen-bond acceptors (Lipinski definition) is 3. The molecule has 2 aromatic carbocycles. The highest BCUT2D eigenvalue weighted by atomic mass is 79.9. The van der Waals surface area contributed by atoms with Crippen LogP contribution in [0.2, 0.25) is 0 Å². The number of benzene rings is 2. The Morgan fingerprint density at radius 2 is 1.89 bits per heavy atom. The van der Waals surface area contributed by atoms with Crippen molar-refractivity contribution < 1.29 is 0 Å². The first kappa shape index (κ1) is 20.1. The first-order chi connectivity index (χ1) is 13.6. The zero-order chi connectivity index (χ0) is 19.7. The van der Waals surface area contributed by atoms with Gasteiger partial charge in [-0.2, -0.15) is 0 Å². The SMILES string of the molecule is CCCN(c1nc(-c2ccc(Br)cc2Br)c(C)s1)C(c1ccccc1)C1CC1. The molecule has 1 aliphatic rings. The van der Waals surface area contributed by atoms with Crippen LogP contribution in [0.1, 0.15) is 42.7 Å². The molecule has 0 N–H and O–H groups in total. The summed E-state index contributed by atoms with van der Waals surface area (Å²) in [6, 6.07) is 17.7. The number of anilines is 1. The van der Waals surface area contributed by atoms with E-state index in [1.54, 1.807) is 0 Å². The monoisotopic (exact) mass is 518 g/mol. The third-order valence-electron chi connectivity index (χ3n) is 5.23. The molecule has 0 aliphatic heterocycles. The molecule has 0 amide bonds. The van der Waals surface area contributed by atoms with Crippen molar-refractivity contribution in [3.63, 3.8) is 0 Å². The van der Waals surface area contributed by atoms with Crippen LogP contribution in [0.3, 0.4) is 0 Å². The van der Waals surface area contributed by atoms with E-state index in [4.69, 9.17) is 4.98 Å². The molecule has 1 unspecified atom stereocenters. The third kappa shape index (κ3) is 4.22. The molecule has 0 saturated heterocycles. The molecule has 1 fully saturated rings. The molecule has 1 saturated carbocycles. The second kappa shape index (κ2) is 8.68. The van der Waals surface area contributed by atoms with E-state index in [-0.39, 0.29) is 0 Å². The first-order valence-corrected chi connectivity index (χ1v) is 12.2. The van der Waals surface area contributed by atoms with Gasteiger partial charge in [0.25, 0.3) is 0 Å². The van der Waals surface area contributed by atoms with E-state index in [1.807, 2.05) is 11.3 Å². The Morgan fingerprint density at radius 1 is 1.14 bits per heavy atom. The van der Waals surface area contributed by atoms with Crippen LogP contribution in [-0.4, -0.2) is 11.5 Å². The molecule has 5 heteroatoms. The fraction of sp³-hybridized carbons (Fsp3) is 0.348. The van der Waals surface area contributed by atoms with E-state index in [2.05, 4.69) is 99.1 Å². The Morgan fingerprint density at radius 3 is 2.54 bits per heavy atom. The van der Waals surface area contributed by atoms with Gasteiger partial charge in [-0.3, -0.25) is 0 Å². The Kier molecular flexibility index (Phi) is 6.24. The lowest BCUT2D eigenvalue weighted by Crippen LogP contribution is -2.31. The molecule has 0 radical (unpaired) electrons. The second-order valence-corrected chi connectivity index (χ2v) is 10.4. The van der Waals surface area contributed by atoms with Gasteiger partial charge >= 0.3 is 0 Å². The fourth-order valence-corrected chi connectivity index (χ4v) is 6.02. The van der Waals surface area contributed by atoms with E-state index < -0.39 is 0 Å². The zero-order valence-electron chi connectivity index (χ0n) is 16.2. The first-order valence-electron chi connectivity index (χ1n) is 9.83. The van der Waals surface area contributed by atoms with Gasteiger partial charge in [0.2, 0.25) is 0 Å².